The van der Waals surface area contributed by atoms with E-state index in [0.717, 1.165) is 32.7 Å². The van der Waals surface area contributed by atoms with E-state index in [2.05, 4.69) is 26.5 Å². The van der Waals surface area contributed by atoms with Gasteiger partial charge in [0.1, 0.15) is 11.0 Å². The zero-order chi connectivity index (χ0) is 11.2. The van der Waals surface area contributed by atoms with E-state index in [0.29, 0.717) is 0 Å². The standard InChI is InChI=1S/C13H8N4/c1-2-4-10-9(3-1)12-8(7-14-10)5-6-11-13(12)16-17-15-11/h1-7H,(H,15,16,17). The normalized spacial score (nSPS) is 11.5. The maximum atomic E-state index is 4.44. The molecule has 0 bridgehead atoms. The summed E-state index contributed by atoms with van der Waals surface area (Å²) in [6.45, 7) is 0. The summed E-state index contributed by atoms with van der Waals surface area (Å²) in [5.74, 6) is 0. The van der Waals surface area contributed by atoms with Gasteiger partial charge in [-0.15, -0.1) is 0 Å². The highest BCUT2D eigenvalue weighted by Crippen LogP contribution is 2.28. The smallest absolute Gasteiger partial charge is 0.121 e. The van der Waals surface area contributed by atoms with Gasteiger partial charge in [-0.05, 0) is 12.1 Å². The lowest BCUT2D eigenvalue weighted by molar-refractivity contribution is 0.960. The van der Waals surface area contributed by atoms with Crippen LogP contribution in [0.4, 0.5) is 0 Å². The van der Waals surface area contributed by atoms with E-state index in [1.807, 2.05) is 36.5 Å². The maximum absolute atomic E-state index is 4.44. The highest BCUT2D eigenvalue weighted by Gasteiger charge is 2.07. The predicted octanol–water partition coefficient (Wildman–Crippen LogP) is 2.66. The van der Waals surface area contributed by atoms with Gasteiger partial charge in [0.05, 0.1) is 5.52 Å². The molecule has 17 heavy (non-hydrogen) atoms. The number of benzene rings is 2. The quantitative estimate of drug-likeness (QED) is 0.463. The molecule has 0 aliphatic carbocycles. The van der Waals surface area contributed by atoms with E-state index in [9.17, 15) is 0 Å². The molecule has 0 fully saturated rings. The minimum absolute atomic E-state index is 0.883. The second-order valence-corrected chi connectivity index (χ2v) is 4.00. The number of pyridine rings is 1. The van der Waals surface area contributed by atoms with E-state index in [-0.39, 0.29) is 0 Å². The monoisotopic (exact) mass is 220 g/mol. The van der Waals surface area contributed by atoms with Crippen molar-refractivity contribution >= 4 is 32.7 Å². The van der Waals surface area contributed by atoms with Crippen LogP contribution in [-0.2, 0) is 0 Å². The summed E-state index contributed by atoms with van der Waals surface area (Å²) in [4.78, 5) is 4.44. The van der Waals surface area contributed by atoms with Gasteiger partial charge in [-0.1, -0.05) is 24.3 Å². The van der Waals surface area contributed by atoms with Crippen molar-refractivity contribution in [2.24, 2.45) is 0 Å². The maximum Gasteiger partial charge on any atom is 0.121 e. The Balaban J connectivity index is 2.41. The van der Waals surface area contributed by atoms with Gasteiger partial charge >= 0.3 is 0 Å². The second kappa shape index (κ2) is 3.01. The number of para-hydroxylation sites is 1. The molecule has 0 unspecified atom stereocenters. The first kappa shape index (κ1) is 8.64. The SMILES string of the molecule is c1ccc2c(c1)ncc1ccc3n[nH]nc3c12. The molecule has 4 heteroatoms. The van der Waals surface area contributed by atoms with Gasteiger partial charge < -0.3 is 0 Å². The summed E-state index contributed by atoms with van der Waals surface area (Å²) in [7, 11) is 0. The van der Waals surface area contributed by atoms with Crippen LogP contribution in [0.25, 0.3) is 32.7 Å². The molecule has 2 aromatic carbocycles. The summed E-state index contributed by atoms with van der Waals surface area (Å²) in [5, 5.41) is 14.3. The van der Waals surface area contributed by atoms with Gasteiger partial charge in [0, 0.05) is 22.4 Å². The fourth-order valence-corrected chi connectivity index (χ4v) is 2.26. The fourth-order valence-electron chi connectivity index (χ4n) is 2.26. The molecule has 0 atom stereocenters. The van der Waals surface area contributed by atoms with Crippen LogP contribution in [0, 0.1) is 0 Å². The highest BCUT2D eigenvalue weighted by molar-refractivity contribution is 6.16. The fraction of sp³-hybridized carbons (Fsp3) is 0. The molecular formula is C13H8N4. The van der Waals surface area contributed by atoms with Crippen molar-refractivity contribution in [2.45, 2.75) is 0 Å². The van der Waals surface area contributed by atoms with Gasteiger partial charge in [-0.3, -0.25) is 4.98 Å². The van der Waals surface area contributed by atoms with Crippen LogP contribution in [-0.4, -0.2) is 20.4 Å². The van der Waals surface area contributed by atoms with Gasteiger partial charge in [-0.25, -0.2) is 0 Å². The Morgan fingerprint density at radius 3 is 2.82 bits per heavy atom. The molecule has 4 rings (SSSR count). The summed E-state index contributed by atoms with van der Waals surface area (Å²) in [5.41, 5.74) is 2.77. The van der Waals surface area contributed by atoms with E-state index in [4.69, 9.17) is 0 Å². The van der Waals surface area contributed by atoms with Crippen molar-refractivity contribution in [3.8, 4) is 0 Å². The highest BCUT2D eigenvalue weighted by atomic mass is 15.3. The first-order chi connectivity index (χ1) is 8.43. The third-order valence-electron chi connectivity index (χ3n) is 3.04. The first-order valence-electron chi connectivity index (χ1n) is 5.40. The number of fused-ring (bicyclic) bond motifs is 5. The predicted molar refractivity (Wildman–Crippen MR) is 66.7 cm³/mol. The minimum Gasteiger partial charge on any atom is -0.256 e. The summed E-state index contributed by atoms with van der Waals surface area (Å²) in [6, 6.07) is 12.1. The van der Waals surface area contributed by atoms with E-state index < -0.39 is 0 Å². The lowest BCUT2D eigenvalue weighted by Gasteiger charge is -2.02. The van der Waals surface area contributed by atoms with Crippen molar-refractivity contribution < 1.29 is 0 Å². The molecular weight excluding hydrogens is 212 g/mol. The largest absolute Gasteiger partial charge is 0.256 e. The Morgan fingerprint density at radius 2 is 1.82 bits per heavy atom. The molecule has 0 saturated heterocycles. The van der Waals surface area contributed by atoms with E-state index >= 15 is 0 Å². The van der Waals surface area contributed by atoms with Gasteiger partial charge in [0.15, 0.2) is 0 Å². The average molecular weight is 220 g/mol. The van der Waals surface area contributed by atoms with Crippen LogP contribution in [0.1, 0.15) is 0 Å². The average Bonchev–Trinajstić information content (AvgIpc) is 2.86. The summed E-state index contributed by atoms with van der Waals surface area (Å²) < 4.78 is 0. The third-order valence-corrected chi connectivity index (χ3v) is 3.04. The molecule has 0 saturated carbocycles. The van der Waals surface area contributed by atoms with E-state index in [1.54, 1.807) is 0 Å². The molecule has 0 spiro atoms. The van der Waals surface area contributed by atoms with Crippen LogP contribution in [0.3, 0.4) is 0 Å². The van der Waals surface area contributed by atoms with Crippen LogP contribution in [0.2, 0.25) is 0 Å². The number of aromatic nitrogens is 4. The molecule has 4 aromatic rings. The topological polar surface area (TPSA) is 54.5 Å². The van der Waals surface area contributed by atoms with E-state index in [1.165, 1.54) is 0 Å². The van der Waals surface area contributed by atoms with Crippen LogP contribution in [0.15, 0.2) is 42.6 Å². The van der Waals surface area contributed by atoms with Crippen LogP contribution in [0.5, 0.6) is 0 Å². The molecule has 0 amide bonds. The second-order valence-electron chi connectivity index (χ2n) is 4.00. The Morgan fingerprint density at radius 1 is 0.882 bits per heavy atom. The van der Waals surface area contributed by atoms with Gasteiger partial charge in [0.25, 0.3) is 0 Å². The minimum atomic E-state index is 0.883. The van der Waals surface area contributed by atoms with Crippen molar-refractivity contribution in [1.29, 1.82) is 0 Å². The Bertz CT molecular complexity index is 848. The van der Waals surface area contributed by atoms with Crippen LogP contribution >= 0.6 is 0 Å². The molecule has 1 N–H and O–H groups in total. The lowest BCUT2D eigenvalue weighted by atomic mass is 10.1. The Labute approximate surface area is 96.3 Å². The molecule has 2 heterocycles. The van der Waals surface area contributed by atoms with Crippen molar-refractivity contribution in [3.63, 3.8) is 0 Å². The third kappa shape index (κ3) is 1.09. The molecule has 4 nitrogen and oxygen atoms in total. The zero-order valence-electron chi connectivity index (χ0n) is 8.88. The number of aromatic amines is 1. The summed E-state index contributed by atoms with van der Waals surface area (Å²) >= 11 is 0. The van der Waals surface area contributed by atoms with Gasteiger partial charge in [0.2, 0.25) is 0 Å². The number of nitrogens with one attached hydrogen (secondary N) is 1. The van der Waals surface area contributed by atoms with Crippen molar-refractivity contribution in [1.82, 2.24) is 20.4 Å². The Kier molecular flexibility index (Phi) is 1.53. The zero-order valence-corrected chi connectivity index (χ0v) is 8.88. The Hall–Kier alpha value is -2.49. The number of hydrogen-bond donors (Lipinski definition) is 1. The number of H-pyrrole nitrogens is 1. The van der Waals surface area contributed by atoms with Crippen molar-refractivity contribution in [2.75, 3.05) is 0 Å². The molecule has 80 valence electrons. The molecule has 0 aliphatic rings. The van der Waals surface area contributed by atoms with Gasteiger partial charge in [-0.2, -0.15) is 15.4 Å². The summed E-state index contributed by atoms with van der Waals surface area (Å²) in [6.07, 6.45) is 1.88. The molecule has 0 aliphatic heterocycles. The van der Waals surface area contributed by atoms with Crippen LogP contribution < -0.4 is 0 Å². The number of hydrogen-bond acceptors (Lipinski definition) is 3. The lowest BCUT2D eigenvalue weighted by Crippen LogP contribution is -1.83. The number of rotatable bonds is 0. The molecule has 0 radical (unpaired) electrons. The first-order valence-corrected chi connectivity index (χ1v) is 5.40. The molecule has 2 aromatic heterocycles. The van der Waals surface area contributed by atoms with Crippen molar-refractivity contribution in [3.05, 3.63) is 42.6 Å². The number of nitrogens with zero attached hydrogens (tertiary/aromatic N) is 3.